The van der Waals surface area contributed by atoms with Crippen LogP contribution >= 0.6 is 11.6 Å². The first-order valence-electron chi connectivity index (χ1n) is 14.8. The summed E-state index contributed by atoms with van der Waals surface area (Å²) < 4.78 is 6.33. The van der Waals surface area contributed by atoms with Crippen molar-refractivity contribution < 1.29 is 24.2 Å². The number of ether oxygens (including phenoxy) is 1. The van der Waals surface area contributed by atoms with Crippen molar-refractivity contribution in [1.82, 2.24) is 14.8 Å². The molecule has 2 saturated heterocycles. The van der Waals surface area contributed by atoms with Crippen LogP contribution in [-0.4, -0.2) is 63.9 Å². The standard InChI is InChI=1S/C30H40ClN5O5/c1-29(28(39)40)10-3-2-5-19(29)27(38)34-14-9-18-20(31)7-8-23(41-16-21(32)22-6-4-13-36(22)33)25(18)26(34)35-17-30(11-12-30)15-24(35)37/h7-8,19,26H,2-6,9-17,32-33H2,1H3,(H,39,40)/b22-21-/t19?,26?,29-/m0/s1. The molecule has 11 heteroatoms. The molecule has 2 saturated carbocycles. The van der Waals surface area contributed by atoms with Crippen LogP contribution in [0.4, 0.5) is 0 Å². The van der Waals surface area contributed by atoms with E-state index in [0.717, 1.165) is 56.3 Å². The largest absolute Gasteiger partial charge is 0.487 e. The van der Waals surface area contributed by atoms with Crippen LogP contribution in [0.25, 0.3) is 0 Å². The molecule has 3 atom stereocenters. The number of rotatable bonds is 6. The number of benzene rings is 1. The summed E-state index contributed by atoms with van der Waals surface area (Å²) in [7, 11) is 0. The van der Waals surface area contributed by atoms with Crippen LogP contribution in [0.3, 0.4) is 0 Å². The molecular weight excluding hydrogens is 546 g/mol. The van der Waals surface area contributed by atoms with E-state index in [2.05, 4.69) is 0 Å². The highest BCUT2D eigenvalue weighted by Gasteiger charge is 2.56. The quantitative estimate of drug-likeness (QED) is 0.430. The van der Waals surface area contributed by atoms with Gasteiger partial charge in [-0.2, -0.15) is 0 Å². The smallest absolute Gasteiger partial charge is 0.310 e. The van der Waals surface area contributed by atoms with Crippen molar-refractivity contribution >= 4 is 29.4 Å². The lowest BCUT2D eigenvalue weighted by Crippen LogP contribution is -2.54. The zero-order chi connectivity index (χ0) is 29.1. The Balaban J connectivity index is 1.40. The minimum absolute atomic E-state index is 0.0000714. The summed E-state index contributed by atoms with van der Waals surface area (Å²) in [5, 5.41) is 12.4. The van der Waals surface area contributed by atoms with Gasteiger partial charge >= 0.3 is 5.97 Å². The van der Waals surface area contributed by atoms with E-state index in [1.807, 2.05) is 4.90 Å². The van der Waals surface area contributed by atoms with Gasteiger partial charge in [0.15, 0.2) is 0 Å². The fourth-order valence-corrected chi connectivity index (χ4v) is 7.73. The molecule has 1 aromatic rings. The number of hydrogen-bond donors (Lipinski definition) is 3. The number of hydrazine groups is 1. The molecule has 4 fully saturated rings. The van der Waals surface area contributed by atoms with Crippen molar-refractivity contribution in [1.29, 1.82) is 0 Å². The minimum Gasteiger partial charge on any atom is -0.487 e. The van der Waals surface area contributed by atoms with Crippen molar-refractivity contribution in [2.24, 2.45) is 28.3 Å². The SMILES string of the molecule is C[C@]1(C(=O)O)CCCCC1C(=O)N1CCc2c(Cl)ccc(OC/C(N)=C3\CCCN3N)c2C1N1CC2(CC2)CC1=O. The Morgan fingerprint density at radius 1 is 1.15 bits per heavy atom. The number of carboxylic acid groups (broad SMARTS) is 1. The van der Waals surface area contributed by atoms with E-state index in [4.69, 9.17) is 27.9 Å². The number of likely N-dealkylation sites (tertiary alicyclic amines) is 1. The fraction of sp³-hybridized carbons (Fsp3) is 0.633. The molecule has 10 nitrogen and oxygen atoms in total. The van der Waals surface area contributed by atoms with Crippen LogP contribution in [0.5, 0.6) is 5.75 Å². The Hall–Kier alpha value is -2.98. The molecule has 2 unspecified atom stereocenters. The van der Waals surface area contributed by atoms with Crippen molar-refractivity contribution in [3.8, 4) is 5.75 Å². The number of nitrogens with zero attached hydrogens (tertiary/aromatic N) is 3. The van der Waals surface area contributed by atoms with E-state index in [0.29, 0.717) is 60.8 Å². The van der Waals surface area contributed by atoms with E-state index in [9.17, 15) is 19.5 Å². The van der Waals surface area contributed by atoms with Crippen LogP contribution in [0.15, 0.2) is 23.5 Å². The summed E-state index contributed by atoms with van der Waals surface area (Å²) in [5.41, 5.74) is 8.16. The third kappa shape index (κ3) is 4.82. The average molecular weight is 586 g/mol. The molecule has 0 bridgehead atoms. The number of allylic oxidation sites excluding steroid dienone is 1. The molecule has 3 aliphatic heterocycles. The predicted molar refractivity (Wildman–Crippen MR) is 152 cm³/mol. The molecule has 222 valence electrons. The number of amides is 2. The topological polar surface area (TPSA) is 142 Å². The molecule has 0 radical (unpaired) electrons. The molecule has 1 spiro atoms. The fourth-order valence-electron chi connectivity index (χ4n) is 7.47. The number of fused-ring (bicyclic) bond motifs is 1. The summed E-state index contributed by atoms with van der Waals surface area (Å²) >= 11 is 6.74. The molecule has 41 heavy (non-hydrogen) atoms. The molecule has 2 aliphatic carbocycles. The maximum absolute atomic E-state index is 14.4. The summed E-state index contributed by atoms with van der Waals surface area (Å²) in [6.07, 6.45) is 6.43. The number of aliphatic carboxylic acids is 1. The molecule has 5 N–H and O–H groups in total. The lowest BCUT2D eigenvalue weighted by molar-refractivity contribution is -0.165. The zero-order valence-electron chi connectivity index (χ0n) is 23.7. The predicted octanol–water partition coefficient (Wildman–Crippen LogP) is 3.54. The van der Waals surface area contributed by atoms with Crippen molar-refractivity contribution in [2.75, 3.05) is 26.2 Å². The highest BCUT2D eigenvalue weighted by molar-refractivity contribution is 6.31. The van der Waals surface area contributed by atoms with Crippen LogP contribution < -0.4 is 16.3 Å². The lowest BCUT2D eigenvalue weighted by atomic mass is 9.66. The Morgan fingerprint density at radius 2 is 1.93 bits per heavy atom. The summed E-state index contributed by atoms with van der Waals surface area (Å²) in [4.78, 5) is 44.0. The third-order valence-corrected chi connectivity index (χ3v) is 10.6. The van der Waals surface area contributed by atoms with E-state index in [1.165, 1.54) is 0 Å². The van der Waals surface area contributed by atoms with Gasteiger partial charge in [-0.15, -0.1) is 0 Å². The van der Waals surface area contributed by atoms with E-state index in [-0.39, 0.29) is 23.8 Å². The van der Waals surface area contributed by atoms with E-state index >= 15 is 0 Å². The Labute approximate surface area is 245 Å². The first-order chi connectivity index (χ1) is 19.5. The minimum atomic E-state index is -1.16. The number of nitrogens with two attached hydrogens (primary N) is 2. The van der Waals surface area contributed by atoms with Gasteiger partial charge in [0.1, 0.15) is 18.5 Å². The Bertz CT molecular complexity index is 1310. The van der Waals surface area contributed by atoms with E-state index < -0.39 is 23.5 Å². The average Bonchev–Trinajstić information content (AvgIpc) is 3.42. The van der Waals surface area contributed by atoms with Gasteiger partial charge < -0.3 is 30.4 Å². The number of carbonyl (C=O) groups excluding carboxylic acids is 2. The maximum atomic E-state index is 14.4. The third-order valence-electron chi connectivity index (χ3n) is 10.2. The van der Waals surface area contributed by atoms with Gasteiger partial charge in [0.2, 0.25) is 11.8 Å². The first kappa shape index (κ1) is 28.2. The second kappa shape index (κ2) is 10.4. The van der Waals surface area contributed by atoms with Crippen molar-refractivity contribution in [3.05, 3.63) is 39.7 Å². The van der Waals surface area contributed by atoms with Crippen molar-refractivity contribution in [3.63, 3.8) is 0 Å². The van der Waals surface area contributed by atoms with Crippen LogP contribution in [-0.2, 0) is 20.8 Å². The number of hydrogen-bond acceptors (Lipinski definition) is 7. The van der Waals surface area contributed by atoms with Gasteiger partial charge in [-0.1, -0.05) is 24.4 Å². The number of carbonyl (C=O) groups is 3. The van der Waals surface area contributed by atoms with Crippen LogP contribution in [0, 0.1) is 16.7 Å². The van der Waals surface area contributed by atoms with Gasteiger partial charge in [0.25, 0.3) is 0 Å². The van der Waals surface area contributed by atoms with Gasteiger partial charge in [-0.3, -0.25) is 14.4 Å². The van der Waals surface area contributed by atoms with Crippen molar-refractivity contribution in [2.45, 2.75) is 77.3 Å². The highest BCUT2D eigenvalue weighted by Crippen LogP contribution is 2.56. The molecule has 0 aromatic heterocycles. The lowest BCUT2D eigenvalue weighted by Gasteiger charge is -2.47. The molecule has 5 aliphatic rings. The highest BCUT2D eigenvalue weighted by atomic mass is 35.5. The maximum Gasteiger partial charge on any atom is 0.310 e. The van der Waals surface area contributed by atoms with Crippen LogP contribution in [0.2, 0.25) is 5.02 Å². The summed E-state index contributed by atoms with van der Waals surface area (Å²) in [6.45, 7) is 3.43. The summed E-state index contributed by atoms with van der Waals surface area (Å²) in [6, 6.07) is 3.57. The first-order valence-corrected chi connectivity index (χ1v) is 15.2. The number of carboxylic acids is 1. The molecule has 2 amide bonds. The Morgan fingerprint density at radius 3 is 2.59 bits per heavy atom. The van der Waals surface area contributed by atoms with Gasteiger partial charge in [-0.05, 0) is 75.0 Å². The normalized spacial score (nSPS) is 30.0. The van der Waals surface area contributed by atoms with Gasteiger partial charge in [0, 0.05) is 36.6 Å². The monoisotopic (exact) mass is 585 g/mol. The summed E-state index contributed by atoms with van der Waals surface area (Å²) in [5.74, 6) is 4.77. The number of halogens is 1. The Kier molecular flexibility index (Phi) is 7.13. The molecular formula is C30H40ClN5O5. The van der Waals surface area contributed by atoms with Gasteiger partial charge in [0.05, 0.1) is 22.7 Å². The second-order valence-corrected chi connectivity index (χ2v) is 13.3. The second-order valence-electron chi connectivity index (χ2n) is 12.9. The molecule has 1 aromatic carbocycles. The van der Waals surface area contributed by atoms with Crippen LogP contribution in [0.1, 0.15) is 82.0 Å². The zero-order valence-corrected chi connectivity index (χ0v) is 24.4. The molecule has 3 heterocycles. The van der Waals surface area contributed by atoms with Gasteiger partial charge in [-0.25, -0.2) is 5.84 Å². The van der Waals surface area contributed by atoms with E-state index in [1.54, 1.807) is 29.0 Å². The molecule has 6 rings (SSSR count).